The van der Waals surface area contributed by atoms with Gasteiger partial charge in [0, 0.05) is 35.2 Å². The Morgan fingerprint density at radius 1 is 1.24 bits per heavy atom. The maximum Gasteiger partial charge on any atom is 0 e. The Hall–Kier alpha value is -2.02. The molecule has 0 bridgehead atoms. The van der Waals surface area contributed by atoms with E-state index >= 15 is 0 Å². The molecule has 0 saturated carbocycles. The van der Waals surface area contributed by atoms with Gasteiger partial charge in [-0.3, -0.25) is 0 Å². The number of hydrogen-bond acceptors (Lipinski definition) is 3. The molecule has 21 heavy (non-hydrogen) atoms. The number of rotatable bonds is 5. The monoisotopic (exact) mass is 332 g/mol. The molecule has 0 aliphatic rings. The maximum absolute atomic E-state index is 8.21. The van der Waals surface area contributed by atoms with Crippen molar-refractivity contribution >= 4 is 0 Å². The number of azide groups is 1. The van der Waals surface area contributed by atoms with E-state index in [1.165, 1.54) is 13.2 Å². The molecular weight excluding hydrogens is 320 g/mol. The molecule has 0 heterocycles. The predicted octanol–water partition coefficient (Wildman–Crippen LogP) is 2.22. The van der Waals surface area contributed by atoms with Crippen molar-refractivity contribution in [2.24, 2.45) is 5.11 Å². The third-order valence-electron chi connectivity index (χ3n) is 1.56. The summed E-state index contributed by atoms with van der Waals surface area (Å²) >= 11 is 0. The molecule has 0 spiro atoms. The van der Waals surface area contributed by atoms with Gasteiger partial charge in [-0.25, -0.2) is 0 Å². The smallest absolute Gasteiger partial charge is 0 e. The quantitative estimate of drug-likeness (QED) is 0.111. The number of nitriles is 1. The second-order valence-electron chi connectivity index (χ2n) is 2.52. The van der Waals surface area contributed by atoms with E-state index < -0.39 is 0 Å². The van der Waals surface area contributed by atoms with Crippen LogP contribution in [0.4, 0.5) is 0 Å². The fraction of sp³-hybridized carbons (Fsp3) is 0.333. The summed E-state index contributed by atoms with van der Waals surface area (Å²) in [5, 5.41) is 11.7. The van der Waals surface area contributed by atoms with Gasteiger partial charge in [-0.1, -0.05) is 30.3 Å². The van der Waals surface area contributed by atoms with E-state index in [1.54, 1.807) is 25.2 Å². The van der Waals surface area contributed by atoms with Gasteiger partial charge in [0.25, 0.3) is 0 Å². The van der Waals surface area contributed by atoms with Crippen LogP contribution in [0.25, 0.3) is 10.4 Å². The Morgan fingerprint density at radius 2 is 1.71 bits per heavy atom. The zero-order valence-electron chi connectivity index (χ0n) is 11.2. The van der Waals surface area contributed by atoms with E-state index in [0.717, 1.165) is 0 Å². The molecule has 0 fully saturated rings. The van der Waals surface area contributed by atoms with Gasteiger partial charge in [-0.05, 0) is 5.53 Å². The summed E-state index contributed by atoms with van der Waals surface area (Å²) in [6, 6.07) is 1.59. The molecule has 9 heteroatoms. The zero-order chi connectivity index (χ0) is 16.8. The Morgan fingerprint density at radius 3 is 2.05 bits per heavy atom. The van der Waals surface area contributed by atoms with Crippen LogP contribution in [-0.2, 0) is 35.8 Å². The first-order valence-electron chi connectivity index (χ1n) is 4.67. The minimum absolute atomic E-state index is 0. The van der Waals surface area contributed by atoms with E-state index in [4.69, 9.17) is 29.5 Å². The van der Waals surface area contributed by atoms with Crippen molar-refractivity contribution < 1.29 is 35.8 Å². The second-order valence-corrected chi connectivity index (χ2v) is 2.52. The first-order valence-corrected chi connectivity index (χ1v) is 4.67. The SMILES string of the molecule is CO[C@@H](/C=C/C=C/C#N)[C@@H](C)N=[N+]=[N-].[C-]#[O+].[C-]#[O+].[C-]#[O+].[Fe]. The van der Waals surface area contributed by atoms with Crippen LogP contribution in [0.3, 0.4) is 0 Å². The molecule has 0 rings (SSSR count). The maximum atomic E-state index is 8.21. The van der Waals surface area contributed by atoms with Crippen molar-refractivity contribution in [2.45, 2.75) is 19.1 Å². The molecule has 0 aliphatic carbocycles. The molecule has 0 aromatic rings. The molecule has 0 amide bonds. The fourth-order valence-electron chi connectivity index (χ4n) is 0.856. The summed E-state index contributed by atoms with van der Waals surface area (Å²) in [4.78, 5) is 2.69. The molecule has 0 N–H and O–H groups in total. The third-order valence-corrected chi connectivity index (χ3v) is 1.56. The molecule has 0 aromatic heterocycles. The summed E-state index contributed by atoms with van der Waals surface area (Å²) in [6.45, 7) is 15.3. The van der Waals surface area contributed by atoms with Crippen LogP contribution in [0.1, 0.15) is 6.92 Å². The molecule has 8 nitrogen and oxygen atoms in total. The van der Waals surface area contributed by atoms with Crippen LogP contribution < -0.4 is 0 Å². The average molecular weight is 332 g/mol. The van der Waals surface area contributed by atoms with Crippen molar-refractivity contribution in [3.63, 3.8) is 0 Å². The van der Waals surface area contributed by atoms with E-state index in [-0.39, 0.29) is 29.2 Å². The number of allylic oxidation sites excluding steroid dienone is 3. The van der Waals surface area contributed by atoms with Crippen LogP contribution >= 0.6 is 0 Å². The van der Waals surface area contributed by atoms with Crippen LogP contribution in [0.5, 0.6) is 0 Å². The standard InChI is InChI=1S/C9H12N4O.3CO.Fe/c1-8(12-13-11)9(14-2)6-4-3-5-7-10;3*1-2;/h3-6,8-9H,1-2H3;;;;/b5-3+,6-4+;;;;/t8-,9+;;;;/m1..../s1. The van der Waals surface area contributed by atoms with Crippen LogP contribution in [0.2, 0.25) is 0 Å². The van der Waals surface area contributed by atoms with E-state index in [2.05, 4.69) is 30.0 Å². The van der Waals surface area contributed by atoms with E-state index in [1.807, 2.05) is 6.07 Å². The number of hydrogen-bond donors (Lipinski definition) is 0. The van der Waals surface area contributed by atoms with Gasteiger partial charge in [0.15, 0.2) is 0 Å². The largest absolute Gasteiger partial charge is 0 e. The normalized spacial score (nSPS) is 10.2. The number of ether oxygens (including phenoxy) is 1. The Labute approximate surface area is 133 Å². The third kappa shape index (κ3) is 27.3. The summed E-state index contributed by atoms with van der Waals surface area (Å²) in [6.07, 6.45) is 6.08. The first kappa shape index (κ1) is 31.4. The molecular formula is C12H12FeN4O4. The first-order chi connectivity index (χ1) is 9.76. The van der Waals surface area contributed by atoms with Gasteiger partial charge in [0.05, 0.1) is 18.2 Å². The summed E-state index contributed by atoms with van der Waals surface area (Å²) in [7, 11) is 1.53. The van der Waals surface area contributed by atoms with Crippen LogP contribution in [0, 0.1) is 31.3 Å². The minimum Gasteiger partial charge on any atom is 0 e. The van der Waals surface area contributed by atoms with Gasteiger partial charge in [-0.2, -0.15) is 5.26 Å². The van der Waals surface area contributed by atoms with Crippen molar-refractivity contribution in [2.75, 3.05) is 7.11 Å². The molecule has 0 aromatic carbocycles. The molecule has 112 valence electrons. The Kier molecular flexibility index (Phi) is 54.0. The predicted molar refractivity (Wildman–Crippen MR) is 65.1 cm³/mol. The summed E-state index contributed by atoms with van der Waals surface area (Å²) in [5.74, 6) is 0. The molecule has 0 unspecified atom stereocenters. The Balaban J connectivity index is -0.000000107. The van der Waals surface area contributed by atoms with Gasteiger partial charge < -0.3 is 4.74 Å². The second kappa shape index (κ2) is 36.1. The van der Waals surface area contributed by atoms with Crippen molar-refractivity contribution in [3.8, 4) is 6.07 Å². The van der Waals surface area contributed by atoms with Crippen LogP contribution in [-0.4, -0.2) is 19.3 Å². The Bertz CT molecular complexity index is 403. The van der Waals surface area contributed by atoms with Crippen molar-refractivity contribution in [3.05, 3.63) is 54.7 Å². The topological polar surface area (TPSA) is 141 Å². The van der Waals surface area contributed by atoms with Gasteiger partial charge in [-0.15, -0.1) is 0 Å². The number of nitrogens with zero attached hydrogens (tertiary/aromatic N) is 4. The van der Waals surface area contributed by atoms with Crippen molar-refractivity contribution in [1.29, 1.82) is 5.26 Å². The molecule has 0 radical (unpaired) electrons. The van der Waals surface area contributed by atoms with Gasteiger partial charge in [0.2, 0.25) is 0 Å². The molecule has 0 aliphatic heterocycles. The van der Waals surface area contributed by atoms with Gasteiger partial charge >= 0.3 is 33.9 Å². The number of methoxy groups -OCH3 is 1. The summed E-state index contributed by atoms with van der Waals surface area (Å²) in [5.41, 5.74) is 8.21. The average Bonchev–Trinajstić information content (AvgIpc) is 2.53. The van der Waals surface area contributed by atoms with Crippen LogP contribution in [0.15, 0.2) is 29.4 Å². The summed E-state index contributed by atoms with van der Waals surface area (Å²) < 4.78 is 27.6. The van der Waals surface area contributed by atoms with Gasteiger partial charge in [0.1, 0.15) is 0 Å². The minimum atomic E-state index is -0.269. The van der Waals surface area contributed by atoms with E-state index in [9.17, 15) is 0 Å². The fourth-order valence-corrected chi connectivity index (χ4v) is 0.856. The molecule has 0 saturated heterocycles. The zero-order valence-corrected chi connectivity index (χ0v) is 12.3. The van der Waals surface area contributed by atoms with Crippen molar-refractivity contribution in [1.82, 2.24) is 0 Å². The molecule has 2 atom stereocenters. The van der Waals surface area contributed by atoms with E-state index in [0.29, 0.717) is 0 Å².